The van der Waals surface area contributed by atoms with Gasteiger partial charge >= 0.3 is 0 Å². The minimum absolute atomic E-state index is 0.0565. The first-order chi connectivity index (χ1) is 14.2. The van der Waals surface area contributed by atoms with Crippen molar-refractivity contribution >= 4 is 5.91 Å². The maximum absolute atomic E-state index is 13.4. The second-order valence-corrected chi connectivity index (χ2v) is 7.36. The highest BCUT2D eigenvalue weighted by molar-refractivity contribution is 5.95. The van der Waals surface area contributed by atoms with Gasteiger partial charge in [-0.25, -0.2) is 0 Å². The molecule has 1 fully saturated rings. The number of carbonyl (C=O) groups excluding carboxylic acids is 1. The molecule has 29 heavy (non-hydrogen) atoms. The van der Waals surface area contributed by atoms with Crippen LogP contribution in [0, 0.1) is 6.92 Å². The Hall–Kier alpha value is -3.15. The van der Waals surface area contributed by atoms with Crippen molar-refractivity contribution in [3.05, 3.63) is 65.5 Å². The van der Waals surface area contributed by atoms with Gasteiger partial charge in [0.25, 0.3) is 11.8 Å². The number of benzene rings is 2. The molecule has 1 aliphatic heterocycles. The number of hydrogen-bond donors (Lipinski definition) is 0. The van der Waals surface area contributed by atoms with Crippen molar-refractivity contribution in [1.29, 1.82) is 0 Å². The predicted octanol–water partition coefficient (Wildman–Crippen LogP) is 4.81. The minimum Gasteiger partial charge on any atom is -0.497 e. The van der Waals surface area contributed by atoms with E-state index in [0.29, 0.717) is 17.3 Å². The molecule has 2 aromatic carbocycles. The third-order valence-electron chi connectivity index (χ3n) is 5.42. The van der Waals surface area contributed by atoms with Gasteiger partial charge in [-0.2, -0.15) is 4.98 Å². The number of likely N-dealkylation sites (tertiary alicyclic amines) is 1. The summed E-state index contributed by atoms with van der Waals surface area (Å²) in [7, 11) is 1.66. The van der Waals surface area contributed by atoms with Crippen molar-refractivity contribution in [2.75, 3.05) is 13.7 Å². The van der Waals surface area contributed by atoms with Crippen molar-refractivity contribution in [2.24, 2.45) is 0 Å². The second kappa shape index (κ2) is 8.47. The lowest BCUT2D eigenvalue weighted by molar-refractivity contribution is 0.0681. The molecule has 0 N–H and O–H groups in total. The van der Waals surface area contributed by atoms with E-state index in [-0.39, 0.29) is 11.9 Å². The third kappa shape index (κ3) is 4.16. The second-order valence-electron chi connectivity index (χ2n) is 7.36. The summed E-state index contributed by atoms with van der Waals surface area (Å²) < 4.78 is 10.5. The molecule has 1 saturated heterocycles. The highest BCUT2D eigenvalue weighted by atomic mass is 16.5. The van der Waals surface area contributed by atoms with Gasteiger partial charge in [0.05, 0.1) is 13.2 Å². The predicted molar refractivity (Wildman–Crippen MR) is 110 cm³/mol. The van der Waals surface area contributed by atoms with Gasteiger partial charge in [0.15, 0.2) is 5.82 Å². The quantitative estimate of drug-likeness (QED) is 0.638. The van der Waals surface area contributed by atoms with E-state index in [1.165, 1.54) is 0 Å². The zero-order valence-electron chi connectivity index (χ0n) is 16.8. The number of methoxy groups -OCH3 is 1. The Morgan fingerprint density at radius 2 is 1.83 bits per heavy atom. The molecule has 1 aliphatic rings. The van der Waals surface area contributed by atoms with E-state index in [4.69, 9.17) is 9.26 Å². The SMILES string of the molecule is COc1ccc(C2CCCCCN2C(=O)c2ccc(-c3nc(C)no3)cc2)cc1. The lowest BCUT2D eigenvalue weighted by Crippen LogP contribution is -2.34. The van der Waals surface area contributed by atoms with Crippen LogP contribution in [-0.4, -0.2) is 34.6 Å². The van der Waals surface area contributed by atoms with E-state index in [0.717, 1.165) is 49.1 Å². The molecule has 2 heterocycles. The van der Waals surface area contributed by atoms with Crippen molar-refractivity contribution in [1.82, 2.24) is 15.0 Å². The molecule has 1 aromatic heterocycles. The first-order valence-corrected chi connectivity index (χ1v) is 10.0. The molecule has 0 aliphatic carbocycles. The Morgan fingerprint density at radius 1 is 1.07 bits per heavy atom. The van der Waals surface area contributed by atoms with Crippen molar-refractivity contribution in [2.45, 2.75) is 38.6 Å². The van der Waals surface area contributed by atoms with Gasteiger partial charge in [-0.15, -0.1) is 0 Å². The Balaban J connectivity index is 1.58. The topological polar surface area (TPSA) is 68.5 Å². The van der Waals surface area contributed by atoms with Gasteiger partial charge in [0.1, 0.15) is 5.75 Å². The molecule has 150 valence electrons. The first kappa shape index (κ1) is 19.2. The fraction of sp³-hybridized carbons (Fsp3) is 0.348. The average molecular weight is 391 g/mol. The monoisotopic (exact) mass is 391 g/mol. The average Bonchev–Trinajstić information content (AvgIpc) is 3.05. The van der Waals surface area contributed by atoms with Crippen LogP contribution in [0.3, 0.4) is 0 Å². The summed E-state index contributed by atoms with van der Waals surface area (Å²) in [6, 6.07) is 15.5. The summed E-state index contributed by atoms with van der Waals surface area (Å²) in [5.74, 6) is 1.94. The summed E-state index contributed by atoms with van der Waals surface area (Å²) in [4.78, 5) is 19.6. The number of aromatic nitrogens is 2. The van der Waals surface area contributed by atoms with Gasteiger partial charge < -0.3 is 14.2 Å². The fourth-order valence-electron chi connectivity index (χ4n) is 3.86. The van der Waals surface area contributed by atoms with Crippen LogP contribution < -0.4 is 4.74 Å². The molecule has 3 aromatic rings. The Morgan fingerprint density at radius 3 is 2.48 bits per heavy atom. The van der Waals surface area contributed by atoms with E-state index < -0.39 is 0 Å². The Bertz CT molecular complexity index is 964. The zero-order chi connectivity index (χ0) is 20.2. The summed E-state index contributed by atoms with van der Waals surface area (Å²) in [6.45, 7) is 2.55. The molecule has 0 bridgehead atoms. The van der Waals surface area contributed by atoms with E-state index in [1.807, 2.05) is 41.3 Å². The standard InChI is InChI=1S/C23H25N3O3/c1-16-24-22(29-25-16)18-7-9-19(10-8-18)23(27)26-15-5-3-4-6-21(26)17-11-13-20(28-2)14-12-17/h7-14,21H,3-6,15H2,1-2H3. The summed E-state index contributed by atoms with van der Waals surface area (Å²) in [5, 5.41) is 3.82. The number of aryl methyl sites for hydroxylation is 1. The smallest absolute Gasteiger partial charge is 0.257 e. The molecule has 0 radical (unpaired) electrons. The molecular formula is C23H25N3O3. The molecule has 0 saturated carbocycles. The summed E-state index contributed by atoms with van der Waals surface area (Å²) in [6.07, 6.45) is 4.26. The first-order valence-electron chi connectivity index (χ1n) is 10.0. The van der Waals surface area contributed by atoms with E-state index >= 15 is 0 Å². The van der Waals surface area contributed by atoms with Crippen LogP contribution in [-0.2, 0) is 0 Å². The molecule has 6 nitrogen and oxygen atoms in total. The molecule has 0 spiro atoms. The maximum Gasteiger partial charge on any atom is 0.257 e. The number of amides is 1. The summed E-state index contributed by atoms with van der Waals surface area (Å²) in [5.41, 5.74) is 2.63. The van der Waals surface area contributed by atoms with Crippen LogP contribution in [0.2, 0.25) is 0 Å². The van der Waals surface area contributed by atoms with Gasteiger partial charge in [-0.1, -0.05) is 30.1 Å². The van der Waals surface area contributed by atoms with Crippen LogP contribution in [0.5, 0.6) is 5.75 Å². The molecule has 1 amide bonds. The van der Waals surface area contributed by atoms with Crippen LogP contribution in [0.4, 0.5) is 0 Å². The number of rotatable bonds is 4. The van der Waals surface area contributed by atoms with E-state index in [2.05, 4.69) is 22.3 Å². The van der Waals surface area contributed by atoms with Crippen molar-refractivity contribution in [3.8, 4) is 17.2 Å². The van der Waals surface area contributed by atoms with Crippen LogP contribution >= 0.6 is 0 Å². The zero-order valence-corrected chi connectivity index (χ0v) is 16.8. The van der Waals surface area contributed by atoms with Gasteiger partial charge in [0.2, 0.25) is 0 Å². The number of hydrogen-bond acceptors (Lipinski definition) is 5. The number of ether oxygens (including phenoxy) is 1. The van der Waals surface area contributed by atoms with Crippen molar-refractivity contribution in [3.63, 3.8) is 0 Å². The van der Waals surface area contributed by atoms with Gasteiger partial charge in [-0.3, -0.25) is 4.79 Å². The van der Waals surface area contributed by atoms with Gasteiger partial charge in [-0.05, 0) is 61.7 Å². The minimum atomic E-state index is 0.0565. The highest BCUT2D eigenvalue weighted by Crippen LogP contribution is 2.32. The van der Waals surface area contributed by atoms with Crippen LogP contribution in [0.1, 0.15) is 53.5 Å². The normalized spacial score (nSPS) is 17.0. The lowest BCUT2D eigenvalue weighted by Gasteiger charge is -2.30. The lowest BCUT2D eigenvalue weighted by atomic mass is 9.99. The molecule has 4 rings (SSSR count). The van der Waals surface area contributed by atoms with E-state index in [1.54, 1.807) is 14.0 Å². The van der Waals surface area contributed by atoms with Crippen molar-refractivity contribution < 1.29 is 14.1 Å². The Labute approximate surface area is 170 Å². The maximum atomic E-state index is 13.4. The summed E-state index contributed by atoms with van der Waals surface area (Å²) >= 11 is 0. The third-order valence-corrected chi connectivity index (χ3v) is 5.42. The fourth-order valence-corrected chi connectivity index (χ4v) is 3.86. The Kier molecular flexibility index (Phi) is 5.60. The highest BCUT2D eigenvalue weighted by Gasteiger charge is 2.27. The molecule has 1 unspecified atom stereocenters. The number of carbonyl (C=O) groups is 1. The van der Waals surface area contributed by atoms with Gasteiger partial charge in [0, 0.05) is 17.7 Å². The van der Waals surface area contributed by atoms with E-state index in [9.17, 15) is 4.79 Å². The van der Waals surface area contributed by atoms with Crippen LogP contribution in [0.15, 0.2) is 53.1 Å². The van der Waals surface area contributed by atoms with Crippen LogP contribution in [0.25, 0.3) is 11.5 Å². The molecular weight excluding hydrogens is 366 g/mol. The largest absolute Gasteiger partial charge is 0.497 e. The molecule has 6 heteroatoms. The number of nitrogens with zero attached hydrogens (tertiary/aromatic N) is 3. The molecule has 1 atom stereocenters.